The molecule has 3 nitrogen and oxygen atoms in total. The van der Waals surface area contributed by atoms with Gasteiger partial charge < -0.3 is 5.32 Å². The summed E-state index contributed by atoms with van der Waals surface area (Å²) in [5, 5.41) is 20.9. The molecule has 100 valence electrons. The summed E-state index contributed by atoms with van der Waals surface area (Å²) in [5.74, 6) is 0. The average molecular weight is 255 g/mol. The quantitative estimate of drug-likeness (QED) is 0.845. The molecule has 1 aromatic carbocycles. The maximum Gasteiger partial charge on any atom is 0.0991 e. The van der Waals surface area contributed by atoms with Gasteiger partial charge in [0.2, 0.25) is 0 Å². The summed E-state index contributed by atoms with van der Waals surface area (Å²) in [6, 6.07) is 12.2. The fourth-order valence-corrected chi connectivity index (χ4v) is 1.88. The van der Waals surface area contributed by atoms with E-state index in [2.05, 4.69) is 38.2 Å². The van der Waals surface area contributed by atoms with Crippen molar-refractivity contribution in [1.29, 1.82) is 10.5 Å². The molecule has 1 unspecified atom stereocenters. The molecule has 1 N–H and O–H groups in total. The summed E-state index contributed by atoms with van der Waals surface area (Å²) in [5.41, 5.74) is 1.98. The van der Waals surface area contributed by atoms with E-state index in [-0.39, 0.29) is 11.5 Å². The summed E-state index contributed by atoms with van der Waals surface area (Å²) in [4.78, 5) is 0. The van der Waals surface area contributed by atoms with Gasteiger partial charge in [-0.15, -0.1) is 0 Å². The Morgan fingerprint density at radius 1 is 1.21 bits per heavy atom. The second kappa shape index (κ2) is 6.92. The molecule has 0 aliphatic heterocycles. The van der Waals surface area contributed by atoms with Gasteiger partial charge in [-0.2, -0.15) is 10.5 Å². The molecular weight excluding hydrogens is 234 g/mol. The van der Waals surface area contributed by atoms with Gasteiger partial charge in [0, 0.05) is 19.0 Å². The number of nitriles is 2. The summed E-state index contributed by atoms with van der Waals surface area (Å²) >= 11 is 0. The first kappa shape index (κ1) is 15.2. The van der Waals surface area contributed by atoms with Crippen LogP contribution in [0.2, 0.25) is 0 Å². The first-order chi connectivity index (χ1) is 8.98. The van der Waals surface area contributed by atoms with Crippen molar-refractivity contribution in [2.75, 3.05) is 6.54 Å². The van der Waals surface area contributed by atoms with E-state index in [4.69, 9.17) is 10.5 Å². The van der Waals surface area contributed by atoms with Crippen molar-refractivity contribution < 1.29 is 0 Å². The van der Waals surface area contributed by atoms with E-state index >= 15 is 0 Å². The van der Waals surface area contributed by atoms with E-state index in [1.54, 1.807) is 0 Å². The predicted molar refractivity (Wildman–Crippen MR) is 76.2 cm³/mol. The number of nitrogens with zero attached hydrogens (tertiary/aromatic N) is 2. The van der Waals surface area contributed by atoms with Gasteiger partial charge in [0.1, 0.15) is 0 Å². The molecule has 0 fully saturated rings. The topological polar surface area (TPSA) is 59.6 Å². The molecule has 1 rings (SSSR count). The third-order valence-electron chi connectivity index (χ3n) is 3.34. The maximum absolute atomic E-state index is 8.77. The molecule has 0 aliphatic carbocycles. The predicted octanol–water partition coefficient (Wildman–Crippen LogP) is 3.54. The Kier molecular flexibility index (Phi) is 5.55. The van der Waals surface area contributed by atoms with Gasteiger partial charge >= 0.3 is 0 Å². The van der Waals surface area contributed by atoms with Crippen molar-refractivity contribution in [3.8, 4) is 12.1 Å². The van der Waals surface area contributed by atoms with Crippen LogP contribution in [0.15, 0.2) is 24.3 Å². The van der Waals surface area contributed by atoms with Gasteiger partial charge in [-0.05, 0) is 36.5 Å². The average Bonchev–Trinajstić information content (AvgIpc) is 2.43. The summed E-state index contributed by atoms with van der Waals surface area (Å²) < 4.78 is 0. The molecule has 0 bridgehead atoms. The Bertz CT molecular complexity index is 474. The summed E-state index contributed by atoms with van der Waals surface area (Å²) in [6.45, 7) is 7.32. The van der Waals surface area contributed by atoms with Crippen LogP contribution in [0.3, 0.4) is 0 Å². The fourth-order valence-electron chi connectivity index (χ4n) is 1.88. The zero-order valence-corrected chi connectivity index (χ0v) is 11.9. The van der Waals surface area contributed by atoms with Crippen molar-refractivity contribution in [2.45, 2.75) is 39.7 Å². The maximum atomic E-state index is 8.77. The van der Waals surface area contributed by atoms with Crippen molar-refractivity contribution >= 4 is 0 Å². The lowest BCUT2D eigenvalue weighted by Crippen LogP contribution is -2.31. The second-order valence-electron chi connectivity index (χ2n) is 5.66. The van der Waals surface area contributed by atoms with Gasteiger partial charge in [-0.25, -0.2) is 0 Å². The lowest BCUT2D eigenvalue weighted by molar-refractivity contribution is 0.305. The van der Waals surface area contributed by atoms with Gasteiger partial charge in [0.25, 0.3) is 0 Å². The molecule has 0 aromatic heterocycles. The van der Waals surface area contributed by atoms with Crippen LogP contribution in [-0.4, -0.2) is 6.54 Å². The van der Waals surface area contributed by atoms with Crippen molar-refractivity contribution in [3.05, 3.63) is 35.4 Å². The minimum absolute atomic E-state index is 0.122. The normalized spacial score (nSPS) is 12.5. The van der Waals surface area contributed by atoms with E-state index in [1.807, 2.05) is 24.3 Å². The Labute approximate surface area is 115 Å². The van der Waals surface area contributed by atoms with E-state index in [0.717, 1.165) is 13.0 Å². The number of nitrogens with one attached hydrogen (secondary N) is 1. The Hall–Kier alpha value is -1.84. The monoisotopic (exact) mass is 255 g/mol. The van der Waals surface area contributed by atoms with Crippen LogP contribution in [0.25, 0.3) is 0 Å². The second-order valence-corrected chi connectivity index (χ2v) is 5.66. The molecule has 1 atom stereocenters. The third-order valence-corrected chi connectivity index (χ3v) is 3.34. The first-order valence-corrected chi connectivity index (χ1v) is 6.59. The number of hydrogen-bond acceptors (Lipinski definition) is 3. The van der Waals surface area contributed by atoms with Crippen LogP contribution >= 0.6 is 0 Å². The zero-order valence-electron chi connectivity index (χ0n) is 11.9. The molecule has 3 heteroatoms. The lowest BCUT2D eigenvalue weighted by Gasteiger charge is -2.26. The molecule has 19 heavy (non-hydrogen) atoms. The van der Waals surface area contributed by atoms with Crippen LogP contribution in [0, 0.1) is 28.1 Å². The third kappa shape index (κ3) is 5.12. The summed E-state index contributed by atoms with van der Waals surface area (Å²) in [6.07, 6.45) is 1.50. The minimum Gasteiger partial charge on any atom is -0.310 e. The number of hydrogen-bond donors (Lipinski definition) is 1. The first-order valence-electron chi connectivity index (χ1n) is 6.59. The van der Waals surface area contributed by atoms with E-state index in [0.29, 0.717) is 12.0 Å². The van der Waals surface area contributed by atoms with Crippen LogP contribution < -0.4 is 5.32 Å². The van der Waals surface area contributed by atoms with Gasteiger partial charge in [-0.1, -0.05) is 26.0 Å². The Morgan fingerprint density at radius 3 is 2.37 bits per heavy atom. The van der Waals surface area contributed by atoms with E-state index in [9.17, 15) is 0 Å². The number of benzene rings is 1. The van der Waals surface area contributed by atoms with Crippen LogP contribution in [0.1, 0.15) is 50.8 Å². The van der Waals surface area contributed by atoms with E-state index in [1.165, 1.54) is 5.56 Å². The molecule has 0 aliphatic rings. The molecule has 0 saturated heterocycles. The van der Waals surface area contributed by atoms with Gasteiger partial charge in [0.05, 0.1) is 17.7 Å². The molecule has 0 saturated carbocycles. The SMILES string of the molecule is CC(NCC(C)(C)CCC#N)c1ccc(C#N)cc1. The molecule has 0 spiro atoms. The van der Waals surface area contributed by atoms with E-state index < -0.39 is 0 Å². The fraction of sp³-hybridized carbons (Fsp3) is 0.500. The van der Waals surface area contributed by atoms with Gasteiger partial charge in [0.15, 0.2) is 0 Å². The Morgan fingerprint density at radius 2 is 1.84 bits per heavy atom. The molecular formula is C16H21N3. The highest BCUT2D eigenvalue weighted by atomic mass is 14.9. The largest absolute Gasteiger partial charge is 0.310 e. The van der Waals surface area contributed by atoms with Crippen molar-refractivity contribution in [1.82, 2.24) is 5.32 Å². The standard InChI is InChI=1S/C16H21N3/c1-13(15-7-5-14(11-18)6-8-15)19-12-16(2,3)9-4-10-17/h5-8,13,19H,4,9,12H2,1-3H3. The lowest BCUT2D eigenvalue weighted by atomic mass is 9.87. The van der Waals surface area contributed by atoms with Gasteiger partial charge in [-0.3, -0.25) is 0 Å². The molecule has 0 amide bonds. The smallest absolute Gasteiger partial charge is 0.0991 e. The van der Waals surface area contributed by atoms with Crippen molar-refractivity contribution in [2.24, 2.45) is 5.41 Å². The molecule has 0 heterocycles. The van der Waals surface area contributed by atoms with Crippen LogP contribution in [0.4, 0.5) is 0 Å². The molecule has 0 radical (unpaired) electrons. The summed E-state index contributed by atoms with van der Waals surface area (Å²) in [7, 11) is 0. The highest BCUT2D eigenvalue weighted by Gasteiger charge is 2.18. The molecule has 1 aromatic rings. The highest BCUT2D eigenvalue weighted by Crippen LogP contribution is 2.22. The van der Waals surface area contributed by atoms with Crippen LogP contribution in [-0.2, 0) is 0 Å². The zero-order chi connectivity index (χ0) is 14.3. The number of rotatable bonds is 6. The Balaban J connectivity index is 2.53. The minimum atomic E-state index is 0.122. The highest BCUT2D eigenvalue weighted by molar-refractivity contribution is 5.32. The van der Waals surface area contributed by atoms with Crippen molar-refractivity contribution in [3.63, 3.8) is 0 Å². The van der Waals surface area contributed by atoms with Crippen LogP contribution in [0.5, 0.6) is 0 Å².